The molecule has 0 bridgehead atoms. The molecule has 7 nitrogen and oxygen atoms in total. The van der Waals surface area contributed by atoms with Crippen molar-refractivity contribution in [2.45, 2.75) is 58.5 Å². The molecule has 4 rings (SSSR count). The Morgan fingerprint density at radius 2 is 2.03 bits per heavy atom. The quantitative estimate of drug-likeness (QED) is 0.534. The Hall–Kier alpha value is -2.64. The van der Waals surface area contributed by atoms with Crippen molar-refractivity contribution in [3.05, 3.63) is 41.6 Å². The SMILES string of the molecule is CC[C@@H]1CCN(C(=O)Nc2ccc(C)c(-c3cc(NC[C@@H](C)O)nc(C4CCOCC4)c3)c2)C1. The third-order valence-corrected chi connectivity index (χ3v) is 7.01. The summed E-state index contributed by atoms with van der Waals surface area (Å²) in [5.41, 5.74) is 5.11. The number of carbonyl (C=O) groups excluding carboxylic acids is 1. The summed E-state index contributed by atoms with van der Waals surface area (Å²) < 4.78 is 5.55. The Labute approximate surface area is 202 Å². The molecule has 0 saturated carbocycles. The zero-order valence-corrected chi connectivity index (χ0v) is 20.6. The predicted molar refractivity (Wildman–Crippen MR) is 136 cm³/mol. The van der Waals surface area contributed by atoms with Gasteiger partial charge in [-0.25, -0.2) is 9.78 Å². The zero-order chi connectivity index (χ0) is 24.1. The van der Waals surface area contributed by atoms with Crippen LogP contribution in [-0.4, -0.2) is 60.0 Å². The number of aliphatic hydroxyl groups is 1. The van der Waals surface area contributed by atoms with E-state index in [0.29, 0.717) is 18.4 Å². The van der Waals surface area contributed by atoms with Crippen LogP contribution in [0.1, 0.15) is 56.7 Å². The molecule has 7 heteroatoms. The molecule has 184 valence electrons. The molecule has 2 aromatic rings. The van der Waals surface area contributed by atoms with Crippen molar-refractivity contribution in [2.24, 2.45) is 5.92 Å². The largest absolute Gasteiger partial charge is 0.392 e. The van der Waals surface area contributed by atoms with Crippen molar-refractivity contribution >= 4 is 17.5 Å². The maximum Gasteiger partial charge on any atom is 0.321 e. The lowest BCUT2D eigenvalue weighted by molar-refractivity contribution is 0.0845. The molecule has 1 aromatic carbocycles. The van der Waals surface area contributed by atoms with Crippen molar-refractivity contribution < 1.29 is 14.6 Å². The smallest absolute Gasteiger partial charge is 0.321 e. The molecule has 2 aliphatic rings. The second kappa shape index (κ2) is 11.2. The van der Waals surface area contributed by atoms with Gasteiger partial charge in [0.05, 0.1) is 6.10 Å². The van der Waals surface area contributed by atoms with Gasteiger partial charge in [-0.15, -0.1) is 0 Å². The number of aromatic nitrogens is 1. The second-order valence-electron chi connectivity index (χ2n) is 9.75. The van der Waals surface area contributed by atoms with Gasteiger partial charge in [-0.05, 0) is 80.0 Å². The number of pyridine rings is 1. The van der Waals surface area contributed by atoms with Gasteiger partial charge >= 0.3 is 6.03 Å². The number of hydrogen-bond acceptors (Lipinski definition) is 5. The normalized spacial score (nSPS) is 19.8. The van der Waals surface area contributed by atoms with Gasteiger partial charge in [-0.2, -0.15) is 0 Å². The summed E-state index contributed by atoms with van der Waals surface area (Å²) in [6.45, 7) is 9.63. The minimum absolute atomic E-state index is 0.0253. The lowest BCUT2D eigenvalue weighted by Gasteiger charge is -2.23. The summed E-state index contributed by atoms with van der Waals surface area (Å²) in [4.78, 5) is 19.6. The summed E-state index contributed by atoms with van der Waals surface area (Å²) in [6.07, 6.45) is 3.64. The second-order valence-corrected chi connectivity index (χ2v) is 9.75. The molecule has 1 aromatic heterocycles. The molecule has 2 saturated heterocycles. The number of ether oxygens (including phenoxy) is 1. The molecule has 0 spiro atoms. The average Bonchev–Trinajstić information content (AvgIpc) is 3.34. The molecule has 34 heavy (non-hydrogen) atoms. The first-order valence-electron chi connectivity index (χ1n) is 12.6. The predicted octanol–water partition coefficient (Wildman–Crippen LogP) is 5.01. The van der Waals surface area contributed by atoms with Crippen LogP contribution < -0.4 is 10.6 Å². The number of aryl methyl sites for hydroxylation is 1. The summed E-state index contributed by atoms with van der Waals surface area (Å²) in [5.74, 6) is 1.72. The maximum atomic E-state index is 12.8. The van der Waals surface area contributed by atoms with Crippen LogP contribution in [-0.2, 0) is 4.74 Å². The molecule has 3 N–H and O–H groups in total. The number of rotatable bonds is 7. The van der Waals surface area contributed by atoms with Crippen LogP contribution in [0.4, 0.5) is 16.3 Å². The van der Waals surface area contributed by atoms with Crippen LogP contribution in [0.5, 0.6) is 0 Å². The highest BCUT2D eigenvalue weighted by Gasteiger charge is 2.25. The number of urea groups is 1. The molecule has 0 aliphatic carbocycles. The van der Waals surface area contributed by atoms with Crippen LogP contribution in [0, 0.1) is 12.8 Å². The summed E-state index contributed by atoms with van der Waals surface area (Å²) in [6, 6.07) is 10.3. The van der Waals surface area contributed by atoms with Gasteiger partial charge in [-0.1, -0.05) is 19.4 Å². The molecule has 2 atom stereocenters. The van der Waals surface area contributed by atoms with Crippen LogP contribution >= 0.6 is 0 Å². The standard InChI is InChI=1S/C27H38N4O3/c1-4-20-7-10-31(17-20)27(33)29-23-6-5-18(2)24(15-23)22-13-25(21-8-11-34-12-9-21)30-26(14-22)28-16-19(3)32/h5-6,13-15,19-21,32H,4,7-12,16-17H2,1-3H3,(H,28,30)(H,29,33)/t19-,20-/m1/s1. The Bertz CT molecular complexity index is 988. The number of aliphatic hydroxyl groups excluding tert-OH is 1. The number of carbonyl (C=O) groups is 1. The van der Waals surface area contributed by atoms with E-state index in [0.717, 1.165) is 85.9 Å². The van der Waals surface area contributed by atoms with Crippen LogP contribution in [0.2, 0.25) is 0 Å². The monoisotopic (exact) mass is 466 g/mol. The first-order chi connectivity index (χ1) is 16.4. The number of nitrogens with one attached hydrogen (secondary N) is 2. The topological polar surface area (TPSA) is 86.7 Å². The highest BCUT2D eigenvalue weighted by atomic mass is 16.5. The van der Waals surface area contributed by atoms with Gasteiger partial charge in [0, 0.05) is 50.1 Å². The van der Waals surface area contributed by atoms with E-state index in [9.17, 15) is 9.90 Å². The Morgan fingerprint density at radius 3 is 2.74 bits per heavy atom. The van der Waals surface area contributed by atoms with E-state index >= 15 is 0 Å². The lowest BCUT2D eigenvalue weighted by Crippen LogP contribution is -2.32. The number of likely N-dealkylation sites (tertiary alicyclic amines) is 1. The Balaban J connectivity index is 1.60. The summed E-state index contributed by atoms with van der Waals surface area (Å²) in [5, 5.41) is 16.1. The third-order valence-electron chi connectivity index (χ3n) is 7.01. The van der Waals surface area contributed by atoms with Crippen molar-refractivity contribution in [3.8, 4) is 11.1 Å². The van der Waals surface area contributed by atoms with Gasteiger partial charge in [0.25, 0.3) is 0 Å². The Kier molecular flexibility index (Phi) is 8.06. The molecule has 2 fully saturated rings. The first-order valence-corrected chi connectivity index (χ1v) is 12.6. The molecule has 0 unspecified atom stereocenters. The molecule has 0 radical (unpaired) electrons. The highest BCUT2D eigenvalue weighted by Crippen LogP contribution is 2.33. The number of amides is 2. The fourth-order valence-corrected chi connectivity index (χ4v) is 4.82. The first kappa shape index (κ1) is 24.5. The molecular weight excluding hydrogens is 428 g/mol. The van der Waals surface area contributed by atoms with E-state index in [1.807, 2.05) is 17.0 Å². The summed E-state index contributed by atoms with van der Waals surface area (Å²) in [7, 11) is 0. The average molecular weight is 467 g/mol. The minimum atomic E-state index is -0.463. The van der Waals surface area contributed by atoms with Crippen molar-refractivity contribution in [1.82, 2.24) is 9.88 Å². The van der Waals surface area contributed by atoms with Gasteiger partial charge < -0.3 is 25.4 Å². The fraction of sp³-hybridized carbons (Fsp3) is 0.556. The van der Waals surface area contributed by atoms with Crippen molar-refractivity contribution in [3.63, 3.8) is 0 Å². The van der Waals surface area contributed by atoms with E-state index in [2.05, 4.69) is 42.7 Å². The van der Waals surface area contributed by atoms with Crippen molar-refractivity contribution in [2.75, 3.05) is 43.5 Å². The number of benzene rings is 1. The van der Waals surface area contributed by atoms with E-state index in [4.69, 9.17) is 9.72 Å². The van der Waals surface area contributed by atoms with Gasteiger partial charge in [0.2, 0.25) is 0 Å². The molecule has 2 aliphatic heterocycles. The lowest BCUT2D eigenvalue weighted by atomic mass is 9.92. The highest BCUT2D eigenvalue weighted by molar-refractivity contribution is 5.90. The van der Waals surface area contributed by atoms with E-state index in [1.54, 1.807) is 6.92 Å². The van der Waals surface area contributed by atoms with Gasteiger partial charge in [0.1, 0.15) is 5.82 Å². The third kappa shape index (κ3) is 6.07. The minimum Gasteiger partial charge on any atom is -0.392 e. The van der Waals surface area contributed by atoms with E-state index in [-0.39, 0.29) is 6.03 Å². The molecule has 3 heterocycles. The van der Waals surface area contributed by atoms with Crippen LogP contribution in [0.15, 0.2) is 30.3 Å². The summed E-state index contributed by atoms with van der Waals surface area (Å²) >= 11 is 0. The van der Waals surface area contributed by atoms with E-state index in [1.165, 1.54) is 0 Å². The van der Waals surface area contributed by atoms with Gasteiger partial charge in [-0.3, -0.25) is 0 Å². The van der Waals surface area contributed by atoms with Gasteiger partial charge in [0.15, 0.2) is 0 Å². The van der Waals surface area contributed by atoms with Crippen molar-refractivity contribution in [1.29, 1.82) is 0 Å². The molecular formula is C27H38N4O3. The van der Waals surface area contributed by atoms with Crippen LogP contribution in [0.25, 0.3) is 11.1 Å². The maximum absolute atomic E-state index is 12.8. The number of nitrogens with zero attached hydrogens (tertiary/aromatic N) is 2. The number of hydrogen-bond donors (Lipinski definition) is 3. The number of anilines is 2. The fourth-order valence-electron chi connectivity index (χ4n) is 4.82. The van der Waals surface area contributed by atoms with Crippen LogP contribution in [0.3, 0.4) is 0 Å². The molecule has 2 amide bonds. The Morgan fingerprint density at radius 1 is 1.24 bits per heavy atom. The van der Waals surface area contributed by atoms with E-state index < -0.39 is 6.10 Å². The zero-order valence-electron chi connectivity index (χ0n) is 20.6.